The van der Waals surface area contributed by atoms with Gasteiger partial charge in [0, 0.05) is 18.2 Å². The number of hydrogen-bond acceptors (Lipinski definition) is 5. The van der Waals surface area contributed by atoms with Crippen LogP contribution < -0.4 is 15.4 Å². The molecule has 3 N–H and O–H groups in total. The van der Waals surface area contributed by atoms with Crippen molar-refractivity contribution < 1.29 is 13.2 Å². The summed E-state index contributed by atoms with van der Waals surface area (Å²) in [7, 11) is -3.57. The maximum Gasteiger partial charge on any atom is 0.263 e. The highest BCUT2D eigenvalue weighted by atomic mass is 35.5. The van der Waals surface area contributed by atoms with Crippen molar-refractivity contribution >= 4 is 34.2 Å². The fourth-order valence-corrected chi connectivity index (χ4v) is 4.02. The van der Waals surface area contributed by atoms with Gasteiger partial charge in [-0.25, -0.2) is 8.42 Å². The Morgan fingerprint density at radius 3 is 2.88 bits per heavy atom. The molecule has 24 heavy (non-hydrogen) atoms. The molecule has 0 saturated carbocycles. The van der Waals surface area contributed by atoms with Gasteiger partial charge in [-0.3, -0.25) is 14.5 Å². The zero-order chi connectivity index (χ0) is 16.4. The lowest BCUT2D eigenvalue weighted by Crippen LogP contribution is -2.41. The lowest BCUT2D eigenvalue weighted by atomic mass is 10.2. The molecule has 0 bridgehead atoms. The molecule has 0 aliphatic carbocycles. The Hall–Kier alpha value is -1.64. The number of aliphatic imine (C=N–C) groups is 1. The summed E-state index contributed by atoms with van der Waals surface area (Å²) in [5.74, 6) is 0.0111. The van der Waals surface area contributed by atoms with Crippen molar-refractivity contribution in [2.24, 2.45) is 4.99 Å². The van der Waals surface area contributed by atoms with E-state index in [0.717, 1.165) is 19.4 Å². The Morgan fingerprint density at radius 1 is 1.42 bits per heavy atom. The molecule has 0 radical (unpaired) electrons. The third-order valence-corrected chi connectivity index (χ3v) is 5.45. The summed E-state index contributed by atoms with van der Waals surface area (Å²) in [6.07, 6.45) is 2.17. The average Bonchev–Trinajstić information content (AvgIpc) is 3.12. The van der Waals surface area contributed by atoms with Gasteiger partial charge in [0.25, 0.3) is 10.0 Å². The fraction of sp³-hybridized carbons (Fsp3) is 0.467. The molecule has 0 spiro atoms. The molecule has 1 fully saturated rings. The fourth-order valence-electron chi connectivity index (χ4n) is 2.78. The summed E-state index contributed by atoms with van der Waals surface area (Å²) in [6.45, 7) is 3.20. The molecular formula is C15H21ClN4O3S. The standard InChI is InChI=1S/C15H20N4O3S.ClH/c1-10(15(20)17-9-11-5-4-8-16-11)18-14-12-6-2-3-7-13(12)23(21,22)19-14;/h2-3,6-7,10-11,16H,4-5,8-9H2,1H3,(H,17,20)(H,18,19);1H. The minimum atomic E-state index is -3.57. The molecule has 1 aromatic rings. The van der Waals surface area contributed by atoms with E-state index in [1.54, 1.807) is 25.1 Å². The van der Waals surface area contributed by atoms with Gasteiger partial charge in [-0.05, 0) is 38.4 Å². The summed E-state index contributed by atoms with van der Waals surface area (Å²) in [5, 5.41) is 6.16. The SMILES string of the molecule is CC(N=C1NS(=O)(=O)c2ccccc21)C(=O)NCC1CCCN1.Cl. The van der Waals surface area contributed by atoms with Crippen molar-refractivity contribution in [1.29, 1.82) is 0 Å². The van der Waals surface area contributed by atoms with Gasteiger partial charge in [0.2, 0.25) is 5.91 Å². The monoisotopic (exact) mass is 372 g/mol. The highest BCUT2D eigenvalue weighted by Crippen LogP contribution is 2.22. The van der Waals surface area contributed by atoms with Gasteiger partial charge in [0.1, 0.15) is 11.9 Å². The number of nitrogens with zero attached hydrogens (tertiary/aromatic N) is 1. The van der Waals surface area contributed by atoms with Crippen LogP contribution in [-0.2, 0) is 14.8 Å². The van der Waals surface area contributed by atoms with E-state index < -0.39 is 16.1 Å². The number of amidine groups is 1. The molecule has 1 saturated heterocycles. The van der Waals surface area contributed by atoms with E-state index in [1.807, 2.05) is 0 Å². The van der Waals surface area contributed by atoms with Gasteiger partial charge in [0.05, 0.1) is 4.90 Å². The van der Waals surface area contributed by atoms with Crippen molar-refractivity contribution in [1.82, 2.24) is 15.4 Å². The van der Waals surface area contributed by atoms with Crippen LogP contribution in [0.1, 0.15) is 25.3 Å². The van der Waals surface area contributed by atoms with Gasteiger partial charge >= 0.3 is 0 Å². The molecule has 2 aliphatic heterocycles. The normalized spacial score (nSPS) is 23.9. The number of carbonyl (C=O) groups is 1. The van der Waals surface area contributed by atoms with E-state index in [-0.39, 0.29) is 29.0 Å². The second-order valence-corrected chi connectivity index (χ2v) is 7.44. The van der Waals surface area contributed by atoms with Crippen LogP contribution in [-0.4, -0.2) is 45.3 Å². The van der Waals surface area contributed by atoms with E-state index in [1.165, 1.54) is 6.07 Å². The molecule has 7 nitrogen and oxygen atoms in total. The Bertz CT molecular complexity index is 745. The molecule has 9 heteroatoms. The van der Waals surface area contributed by atoms with Crippen LogP contribution >= 0.6 is 12.4 Å². The molecule has 3 rings (SSSR count). The number of fused-ring (bicyclic) bond motifs is 1. The van der Waals surface area contributed by atoms with Crippen molar-refractivity contribution in [2.75, 3.05) is 13.1 Å². The molecule has 0 aromatic heterocycles. The van der Waals surface area contributed by atoms with Crippen molar-refractivity contribution in [2.45, 2.75) is 36.7 Å². The highest BCUT2D eigenvalue weighted by Gasteiger charge is 2.31. The van der Waals surface area contributed by atoms with Crippen LogP contribution in [0.15, 0.2) is 34.2 Å². The summed E-state index contributed by atoms with van der Waals surface area (Å²) in [5.41, 5.74) is 0.504. The number of rotatable bonds is 4. The Balaban J connectivity index is 0.00000208. The van der Waals surface area contributed by atoms with Crippen LogP contribution in [0.2, 0.25) is 0 Å². The first-order valence-electron chi connectivity index (χ1n) is 7.68. The lowest BCUT2D eigenvalue weighted by molar-refractivity contribution is -0.122. The van der Waals surface area contributed by atoms with Crippen LogP contribution in [0.25, 0.3) is 0 Å². The molecule has 1 aromatic carbocycles. The minimum Gasteiger partial charge on any atom is -0.353 e. The third kappa shape index (κ3) is 3.88. The van der Waals surface area contributed by atoms with Crippen molar-refractivity contribution in [3.8, 4) is 0 Å². The van der Waals surface area contributed by atoms with E-state index >= 15 is 0 Å². The van der Waals surface area contributed by atoms with Crippen LogP contribution in [0.4, 0.5) is 0 Å². The van der Waals surface area contributed by atoms with Crippen molar-refractivity contribution in [3.63, 3.8) is 0 Å². The van der Waals surface area contributed by atoms with Gasteiger partial charge < -0.3 is 10.6 Å². The van der Waals surface area contributed by atoms with Crippen LogP contribution in [0, 0.1) is 0 Å². The number of carbonyl (C=O) groups excluding carboxylic acids is 1. The predicted molar refractivity (Wildman–Crippen MR) is 94.0 cm³/mol. The first-order valence-corrected chi connectivity index (χ1v) is 9.17. The molecule has 2 heterocycles. The molecular weight excluding hydrogens is 352 g/mol. The quantitative estimate of drug-likeness (QED) is 0.712. The maximum absolute atomic E-state index is 12.1. The number of sulfonamides is 1. The Morgan fingerprint density at radius 2 is 2.17 bits per heavy atom. The van der Waals surface area contributed by atoms with E-state index in [2.05, 4.69) is 20.3 Å². The maximum atomic E-state index is 12.1. The minimum absolute atomic E-state index is 0. The number of hydrogen-bond donors (Lipinski definition) is 3. The van der Waals surface area contributed by atoms with Gasteiger partial charge in [-0.2, -0.15) is 0 Å². The van der Waals surface area contributed by atoms with Gasteiger partial charge in [0.15, 0.2) is 0 Å². The smallest absolute Gasteiger partial charge is 0.263 e. The predicted octanol–water partition coefficient (Wildman–Crippen LogP) is 0.404. The van der Waals surface area contributed by atoms with E-state index in [4.69, 9.17) is 0 Å². The Labute approximate surface area is 147 Å². The topological polar surface area (TPSA) is 99.7 Å². The second kappa shape index (κ2) is 7.50. The first-order chi connectivity index (χ1) is 11.0. The third-order valence-electron chi connectivity index (χ3n) is 4.05. The first kappa shape index (κ1) is 18.7. The Kier molecular flexibility index (Phi) is 5.84. The van der Waals surface area contributed by atoms with Crippen molar-refractivity contribution in [3.05, 3.63) is 29.8 Å². The number of amides is 1. The number of nitrogens with one attached hydrogen (secondary N) is 3. The zero-order valence-corrected chi connectivity index (χ0v) is 14.9. The zero-order valence-electron chi connectivity index (χ0n) is 13.3. The van der Waals surface area contributed by atoms with E-state index in [9.17, 15) is 13.2 Å². The summed E-state index contributed by atoms with van der Waals surface area (Å²) in [4.78, 5) is 16.6. The largest absolute Gasteiger partial charge is 0.353 e. The van der Waals surface area contributed by atoms with Gasteiger partial charge in [-0.15, -0.1) is 12.4 Å². The lowest BCUT2D eigenvalue weighted by Gasteiger charge is -2.13. The molecule has 2 aliphatic rings. The van der Waals surface area contributed by atoms with Crippen LogP contribution in [0.3, 0.4) is 0 Å². The summed E-state index contributed by atoms with van der Waals surface area (Å²) in [6, 6.07) is 6.25. The van der Waals surface area contributed by atoms with Crippen LogP contribution in [0.5, 0.6) is 0 Å². The van der Waals surface area contributed by atoms with E-state index in [0.29, 0.717) is 18.2 Å². The molecule has 132 valence electrons. The van der Waals surface area contributed by atoms with Gasteiger partial charge in [-0.1, -0.05) is 12.1 Å². The number of benzene rings is 1. The summed E-state index contributed by atoms with van der Waals surface area (Å²) < 4.78 is 26.4. The molecule has 2 unspecified atom stereocenters. The highest BCUT2D eigenvalue weighted by molar-refractivity contribution is 7.90. The molecule has 1 amide bonds. The second-order valence-electron chi connectivity index (χ2n) is 5.79. The average molecular weight is 373 g/mol. The molecule has 2 atom stereocenters. The summed E-state index contributed by atoms with van der Waals surface area (Å²) >= 11 is 0. The number of halogens is 1.